The van der Waals surface area contributed by atoms with Crippen LogP contribution >= 0.6 is 0 Å². The van der Waals surface area contributed by atoms with E-state index in [-0.39, 0.29) is 21.7 Å². The number of nitriles is 2. The Morgan fingerprint density at radius 1 is 0.342 bits per heavy atom. The molecule has 0 unspecified atom stereocenters. The highest BCUT2D eigenvalue weighted by Crippen LogP contribution is 2.44. The SMILES string of the molecule is CC(C)(C)c1ccc2c(c1)c1cc(C(C)(C)C)ccc1n2-c1ccc(C#N)cc1-c1nc(-c2ccccc2)nc(-c2ccc(-c3ccccc3C#N)cc2-n2c3ccc(C(C)(C)C)cc3c3cc(C(C)(C)C)ccc32)n1. The predicted molar refractivity (Wildman–Crippen MR) is 314 cm³/mol. The van der Waals surface area contributed by atoms with Gasteiger partial charge in [-0.25, -0.2) is 15.0 Å². The molecule has 0 aliphatic carbocycles. The molecule has 0 aliphatic heterocycles. The van der Waals surface area contributed by atoms with Gasteiger partial charge >= 0.3 is 0 Å². The molecule has 7 nitrogen and oxygen atoms in total. The van der Waals surface area contributed by atoms with Crippen LogP contribution in [0.3, 0.4) is 0 Å². The maximum absolute atomic E-state index is 10.6. The number of aromatic nitrogens is 5. The van der Waals surface area contributed by atoms with Gasteiger partial charge in [0.25, 0.3) is 0 Å². The van der Waals surface area contributed by atoms with Crippen molar-refractivity contribution >= 4 is 43.6 Å². The first-order chi connectivity index (χ1) is 36.1. The van der Waals surface area contributed by atoms with E-state index in [1.807, 2.05) is 72.8 Å². The quantitative estimate of drug-likeness (QED) is 0.165. The Balaban J connectivity index is 1.24. The third-order valence-corrected chi connectivity index (χ3v) is 15.1. The number of rotatable bonds is 6. The van der Waals surface area contributed by atoms with Gasteiger partial charge in [-0.1, -0.05) is 162 Å². The summed E-state index contributed by atoms with van der Waals surface area (Å²) < 4.78 is 4.66. The van der Waals surface area contributed by atoms with Crippen LogP contribution in [-0.2, 0) is 21.7 Å². The number of hydrogen-bond acceptors (Lipinski definition) is 5. The average molecular weight is 990 g/mol. The van der Waals surface area contributed by atoms with Gasteiger partial charge in [-0.2, -0.15) is 10.5 Å². The Bertz CT molecular complexity index is 4080. The van der Waals surface area contributed by atoms with E-state index in [1.54, 1.807) is 0 Å². The van der Waals surface area contributed by atoms with Gasteiger partial charge in [0, 0.05) is 38.2 Å². The first-order valence-corrected chi connectivity index (χ1v) is 26.3. The molecule has 0 fully saturated rings. The normalized spacial score (nSPS) is 12.4. The molecule has 8 aromatic carbocycles. The smallest absolute Gasteiger partial charge is 0.166 e. The fourth-order valence-electron chi connectivity index (χ4n) is 10.7. The number of fused-ring (bicyclic) bond motifs is 6. The van der Waals surface area contributed by atoms with Gasteiger partial charge in [-0.3, -0.25) is 0 Å². The second kappa shape index (κ2) is 18.0. The lowest BCUT2D eigenvalue weighted by Crippen LogP contribution is -2.10. The minimum absolute atomic E-state index is 0.0703. The topological polar surface area (TPSA) is 96.1 Å². The molecular weight excluding hydrogens is 927 g/mol. The molecule has 11 rings (SSSR count). The summed E-state index contributed by atoms with van der Waals surface area (Å²) in [5, 5.41) is 25.7. The molecule has 0 aliphatic rings. The molecule has 0 radical (unpaired) electrons. The van der Waals surface area contributed by atoms with E-state index in [1.165, 1.54) is 22.3 Å². The molecule has 7 heteroatoms. The maximum atomic E-state index is 10.6. The molecule has 0 atom stereocenters. The monoisotopic (exact) mass is 990 g/mol. The minimum atomic E-state index is -0.0862. The van der Waals surface area contributed by atoms with Crippen LogP contribution in [0.4, 0.5) is 0 Å². The molecule has 374 valence electrons. The fourth-order valence-corrected chi connectivity index (χ4v) is 10.7. The van der Waals surface area contributed by atoms with Gasteiger partial charge < -0.3 is 9.13 Å². The van der Waals surface area contributed by atoms with Crippen LogP contribution in [0.15, 0.2) is 164 Å². The van der Waals surface area contributed by atoms with E-state index < -0.39 is 0 Å². The highest BCUT2D eigenvalue weighted by molar-refractivity contribution is 6.12. The fraction of sp³-hybridized carbons (Fsp3) is 0.232. The highest BCUT2D eigenvalue weighted by atomic mass is 15.1. The van der Waals surface area contributed by atoms with Crippen molar-refractivity contribution in [3.63, 3.8) is 0 Å². The molecule has 0 amide bonds. The Kier molecular flexibility index (Phi) is 11.8. The molecule has 0 spiro atoms. The largest absolute Gasteiger partial charge is 0.308 e. The van der Waals surface area contributed by atoms with Crippen molar-refractivity contribution in [3.05, 3.63) is 197 Å². The van der Waals surface area contributed by atoms with E-state index >= 15 is 0 Å². The molecular formula is C69H63N7. The molecule has 0 bridgehead atoms. The van der Waals surface area contributed by atoms with Gasteiger partial charge in [0.2, 0.25) is 0 Å². The van der Waals surface area contributed by atoms with Crippen molar-refractivity contribution < 1.29 is 0 Å². The zero-order valence-electron chi connectivity index (χ0n) is 45.7. The first kappa shape index (κ1) is 49.6. The lowest BCUT2D eigenvalue weighted by atomic mass is 9.85. The van der Waals surface area contributed by atoms with E-state index in [9.17, 15) is 10.5 Å². The zero-order chi connectivity index (χ0) is 53.6. The Morgan fingerprint density at radius 2 is 0.776 bits per heavy atom. The summed E-state index contributed by atoms with van der Waals surface area (Å²) in [5.74, 6) is 1.39. The summed E-state index contributed by atoms with van der Waals surface area (Å²) in [6, 6.07) is 62.2. The predicted octanol–water partition coefficient (Wildman–Crippen LogP) is 17.7. The van der Waals surface area contributed by atoms with Crippen LogP contribution in [0.5, 0.6) is 0 Å². The average Bonchev–Trinajstić information content (AvgIpc) is 3.95. The summed E-state index contributed by atoms with van der Waals surface area (Å²) in [6.45, 7) is 27.1. The Labute approximate surface area is 446 Å². The lowest BCUT2D eigenvalue weighted by Gasteiger charge is -2.20. The molecule has 11 aromatic rings. The highest BCUT2D eigenvalue weighted by Gasteiger charge is 2.27. The van der Waals surface area contributed by atoms with Crippen molar-refractivity contribution in [1.29, 1.82) is 10.5 Å². The summed E-state index contributed by atoms with van der Waals surface area (Å²) in [4.78, 5) is 16.3. The number of nitrogens with zero attached hydrogens (tertiary/aromatic N) is 7. The second-order valence-corrected chi connectivity index (χ2v) is 24.5. The van der Waals surface area contributed by atoms with Gasteiger partial charge in [0.15, 0.2) is 17.5 Å². The van der Waals surface area contributed by atoms with Crippen LogP contribution in [0.25, 0.3) is 100 Å². The second-order valence-electron chi connectivity index (χ2n) is 24.5. The summed E-state index contributed by atoms with van der Waals surface area (Å²) in [7, 11) is 0. The molecule has 76 heavy (non-hydrogen) atoms. The van der Waals surface area contributed by atoms with Crippen LogP contribution in [0.2, 0.25) is 0 Å². The molecule has 0 saturated carbocycles. The molecule has 3 heterocycles. The van der Waals surface area contributed by atoms with E-state index in [0.29, 0.717) is 34.2 Å². The summed E-state index contributed by atoms with van der Waals surface area (Å²) in [5.41, 5.74) is 15.6. The number of hydrogen-bond donors (Lipinski definition) is 0. The minimum Gasteiger partial charge on any atom is -0.308 e. The van der Waals surface area contributed by atoms with E-state index in [4.69, 9.17) is 15.0 Å². The van der Waals surface area contributed by atoms with Gasteiger partial charge in [0.05, 0.1) is 56.7 Å². The zero-order valence-corrected chi connectivity index (χ0v) is 45.7. The third kappa shape index (κ3) is 8.70. The van der Waals surface area contributed by atoms with E-state index in [0.717, 1.165) is 77.2 Å². The maximum Gasteiger partial charge on any atom is 0.166 e. The van der Waals surface area contributed by atoms with Gasteiger partial charge in [0.1, 0.15) is 0 Å². The standard InChI is InChI=1S/C69H63N7/c1-66(2,3)46-24-30-57-52(36-46)53-37-47(67(4,5)6)25-31-58(53)75(57)61-29-22-42(40-70)34-56(61)65-73-63(43-18-14-13-15-19-43)72-64(74-65)51-28-23-44(50-21-17-16-20-45(50)41-71)35-62(51)76-59-32-26-48(68(7,8)9)38-54(59)55-39-49(69(10,11)12)27-33-60(55)76/h13-39H,1-12H3. The van der Waals surface area contributed by atoms with Gasteiger partial charge in [-0.15, -0.1) is 0 Å². The summed E-state index contributed by atoms with van der Waals surface area (Å²) >= 11 is 0. The van der Waals surface area contributed by atoms with Crippen molar-refractivity contribution in [2.45, 2.75) is 105 Å². The molecule has 0 N–H and O–H groups in total. The molecule has 0 saturated heterocycles. The van der Waals surface area contributed by atoms with E-state index in [2.05, 4.69) is 195 Å². The van der Waals surface area contributed by atoms with Crippen LogP contribution in [-0.4, -0.2) is 24.1 Å². The van der Waals surface area contributed by atoms with Crippen molar-refractivity contribution in [2.75, 3.05) is 0 Å². The lowest BCUT2D eigenvalue weighted by molar-refractivity contribution is 0.590. The van der Waals surface area contributed by atoms with Crippen molar-refractivity contribution in [2.24, 2.45) is 0 Å². The Hall–Kier alpha value is -8.65. The first-order valence-electron chi connectivity index (χ1n) is 26.3. The molecule has 3 aromatic heterocycles. The van der Waals surface area contributed by atoms with Crippen LogP contribution in [0.1, 0.15) is 116 Å². The van der Waals surface area contributed by atoms with Crippen LogP contribution < -0.4 is 0 Å². The number of benzene rings is 8. The van der Waals surface area contributed by atoms with Crippen LogP contribution in [0, 0.1) is 22.7 Å². The van der Waals surface area contributed by atoms with Gasteiger partial charge in [-0.05, 0) is 140 Å². The third-order valence-electron chi connectivity index (χ3n) is 15.1. The van der Waals surface area contributed by atoms with Crippen molar-refractivity contribution in [1.82, 2.24) is 24.1 Å². The summed E-state index contributed by atoms with van der Waals surface area (Å²) in [6.07, 6.45) is 0. The Morgan fingerprint density at radius 3 is 1.24 bits per heavy atom. The van der Waals surface area contributed by atoms with Crippen molar-refractivity contribution in [3.8, 4) is 68.8 Å².